The molecule has 0 aliphatic carbocycles. The van der Waals surface area contributed by atoms with Gasteiger partial charge in [0.1, 0.15) is 22.8 Å². The van der Waals surface area contributed by atoms with Crippen molar-refractivity contribution >= 4 is 45.5 Å². The zero-order valence-corrected chi connectivity index (χ0v) is 19.5. The molecular formula is C23H23BrN2O6. The minimum atomic E-state index is -0.869. The molecule has 1 aliphatic rings. The first kappa shape index (κ1) is 23.3. The molecule has 1 fully saturated rings. The predicted molar refractivity (Wildman–Crippen MR) is 123 cm³/mol. The lowest BCUT2D eigenvalue weighted by molar-refractivity contribution is -0.122. The fraction of sp³-hybridized carbons (Fsp3) is 0.261. The van der Waals surface area contributed by atoms with Crippen molar-refractivity contribution in [1.29, 1.82) is 0 Å². The average Bonchev–Trinajstić information content (AvgIpc) is 2.75. The van der Waals surface area contributed by atoms with Crippen LogP contribution in [0.3, 0.4) is 0 Å². The smallest absolute Gasteiger partial charge is 0.336 e. The van der Waals surface area contributed by atoms with E-state index in [1.807, 2.05) is 13.8 Å². The number of anilines is 1. The Morgan fingerprint density at radius 3 is 2.25 bits per heavy atom. The second-order valence-electron chi connectivity index (χ2n) is 6.57. The number of nitrogens with zero attached hydrogens (tertiary/aromatic N) is 1. The molecule has 1 N–H and O–H groups in total. The highest BCUT2D eigenvalue weighted by Crippen LogP contribution is 2.35. The molecule has 0 aromatic heterocycles. The number of urea groups is 1. The molecule has 1 heterocycles. The maximum absolute atomic E-state index is 13.4. The number of barbiturate groups is 1. The number of rotatable bonds is 8. The number of imide groups is 2. The summed E-state index contributed by atoms with van der Waals surface area (Å²) in [5.74, 6) is -0.306. The van der Waals surface area contributed by atoms with Crippen LogP contribution >= 0.6 is 15.9 Å². The molecule has 0 bridgehead atoms. The number of halogens is 1. The van der Waals surface area contributed by atoms with Gasteiger partial charge in [-0.05, 0) is 57.2 Å². The Kier molecular flexibility index (Phi) is 7.53. The molecule has 2 aromatic carbocycles. The first-order valence-corrected chi connectivity index (χ1v) is 10.9. The molecule has 2 aromatic rings. The highest BCUT2D eigenvalue weighted by molar-refractivity contribution is 9.10. The number of carbonyl (C=O) groups excluding carboxylic acids is 3. The van der Waals surface area contributed by atoms with E-state index in [1.54, 1.807) is 37.3 Å². The Bertz CT molecular complexity index is 1080. The van der Waals surface area contributed by atoms with Gasteiger partial charge in [-0.15, -0.1) is 0 Å². The molecule has 32 heavy (non-hydrogen) atoms. The van der Waals surface area contributed by atoms with Gasteiger partial charge in [-0.25, -0.2) is 9.69 Å². The summed E-state index contributed by atoms with van der Waals surface area (Å²) in [5, 5.41) is 2.23. The molecule has 168 valence electrons. The van der Waals surface area contributed by atoms with Crippen molar-refractivity contribution in [3.63, 3.8) is 0 Å². The molecule has 3 rings (SSSR count). The number of benzene rings is 2. The summed E-state index contributed by atoms with van der Waals surface area (Å²) in [5.41, 5.74) is 0.480. The number of carbonyl (C=O) groups is 3. The van der Waals surface area contributed by atoms with Crippen LogP contribution in [0, 0.1) is 0 Å². The van der Waals surface area contributed by atoms with Gasteiger partial charge in [-0.3, -0.25) is 14.9 Å². The van der Waals surface area contributed by atoms with E-state index in [-0.39, 0.29) is 11.3 Å². The third-order valence-electron chi connectivity index (χ3n) is 4.46. The van der Waals surface area contributed by atoms with Crippen LogP contribution in [0.15, 0.2) is 46.4 Å². The maximum Gasteiger partial charge on any atom is 0.336 e. The van der Waals surface area contributed by atoms with Crippen LogP contribution in [0.1, 0.15) is 26.3 Å². The topological polar surface area (TPSA) is 94.2 Å². The Morgan fingerprint density at radius 1 is 0.906 bits per heavy atom. The van der Waals surface area contributed by atoms with Gasteiger partial charge in [-0.2, -0.15) is 0 Å². The van der Waals surface area contributed by atoms with E-state index < -0.39 is 17.8 Å². The van der Waals surface area contributed by atoms with Gasteiger partial charge in [0.25, 0.3) is 11.8 Å². The summed E-state index contributed by atoms with van der Waals surface area (Å²) in [6, 6.07) is 9.20. The van der Waals surface area contributed by atoms with Crippen molar-refractivity contribution in [3.05, 3.63) is 52.0 Å². The highest BCUT2D eigenvalue weighted by Gasteiger charge is 2.38. The van der Waals surface area contributed by atoms with Gasteiger partial charge in [0.15, 0.2) is 0 Å². The third kappa shape index (κ3) is 4.94. The van der Waals surface area contributed by atoms with Gasteiger partial charge in [-0.1, -0.05) is 15.9 Å². The van der Waals surface area contributed by atoms with E-state index >= 15 is 0 Å². The fourth-order valence-electron chi connectivity index (χ4n) is 3.16. The second kappa shape index (κ2) is 10.3. The SMILES string of the molecule is CCOc1ccc(OCC)c(N2C(=O)NC(=O)/C(=C\c3cc(Br)ccc3OCC)C2=O)c1. The maximum atomic E-state index is 13.4. The molecule has 4 amide bonds. The Hall–Kier alpha value is -3.33. The molecule has 0 radical (unpaired) electrons. The van der Waals surface area contributed by atoms with E-state index in [9.17, 15) is 14.4 Å². The molecule has 1 saturated heterocycles. The minimum Gasteiger partial charge on any atom is -0.494 e. The van der Waals surface area contributed by atoms with Crippen LogP contribution in [0.25, 0.3) is 6.08 Å². The summed E-state index contributed by atoms with van der Waals surface area (Å²) in [6.07, 6.45) is 1.40. The molecule has 1 aliphatic heterocycles. The van der Waals surface area contributed by atoms with Gasteiger partial charge < -0.3 is 14.2 Å². The van der Waals surface area contributed by atoms with E-state index in [0.29, 0.717) is 42.6 Å². The fourth-order valence-corrected chi connectivity index (χ4v) is 3.54. The van der Waals surface area contributed by atoms with Crippen molar-refractivity contribution in [2.45, 2.75) is 20.8 Å². The summed E-state index contributed by atoms with van der Waals surface area (Å²) in [6.45, 7) is 6.57. The van der Waals surface area contributed by atoms with Crippen molar-refractivity contribution in [2.24, 2.45) is 0 Å². The van der Waals surface area contributed by atoms with Crippen LogP contribution in [-0.4, -0.2) is 37.7 Å². The van der Waals surface area contributed by atoms with Gasteiger partial charge in [0.05, 0.1) is 25.5 Å². The average molecular weight is 503 g/mol. The lowest BCUT2D eigenvalue weighted by Gasteiger charge is -2.28. The van der Waals surface area contributed by atoms with Crippen LogP contribution in [-0.2, 0) is 9.59 Å². The Balaban J connectivity index is 2.10. The molecule has 0 unspecified atom stereocenters. The first-order valence-electron chi connectivity index (χ1n) is 10.1. The van der Waals surface area contributed by atoms with E-state index in [2.05, 4.69) is 21.2 Å². The summed E-state index contributed by atoms with van der Waals surface area (Å²) < 4.78 is 17.5. The van der Waals surface area contributed by atoms with E-state index in [1.165, 1.54) is 12.1 Å². The highest BCUT2D eigenvalue weighted by atomic mass is 79.9. The number of ether oxygens (including phenoxy) is 3. The quantitative estimate of drug-likeness (QED) is 0.426. The molecule has 0 saturated carbocycles. The normalized spacial score (nSPS) is 15.1. The zero-order chi connectivity index (χ0) is 23.3. The van der Waals surface area contributed by atoms with Crippen LogP contribution in [0.4, 0.5) is 10.5 Å². The molecule has 0 atom stereocenters. The third-order valence-corrected chi connectivity index (χ3v) is 4.95. The van der Waals surface area contributed by atoms with Crippen molar-refractivity contribution in [2.75, 3.05) is 24.7 Å². The van der Waals surface area contributed by atoms with Crippen LogP contribution in [0.5, 0.6) is 17.2 Å². The summed E-state index contributed by atoms with van der Waals surface area (Å²) in [7, 11) is 0. The van der Waals surface area contributed by atoms with Gasteiger partial charge in [0.2, 0.25) is 0 Å². The van der Waals surface area contributed by atoms with Gasteiger partial charge in [0, 0.05) is 16.1 Å². The first-order chi connectivity index (χ1) is 15.4. The van der Waals surface area contributed by atoms with Gasteiger partial charge >= 0.3 is 6.03 Å². The number of amides is 4. The lowest BCUT2D eigenvalue weighted by atomic mass is 10.1. The Labute approximate surface area is 194 Å². The number of nitrogens with one attached hydrogen (secondary N) is 1. The van der Waals surface area contributed by atoms with Crippen molar-refractivity contribution in [3.8, 4) is 17.2 Å². The number of hydrogen-bond donors (Lipinski definition) is 1. The second-order valence-corrected chi connectivity index (χ2v) is 7.48. The van der Waals surface area contributed by atoms with Crippen LogP contribution < -0.4 is 24.4 Å². The number of hydrogen-bond acceptors (Lipinski definition) is 6. The standard InChI is InChI=1S/C23H23BrN2O6/c1-4-30-16-8-10-20(32-6-3)18(13-16)26-22(28)17(21(27)25-23(26)29)12-14-11-15(24)7-9-19(14)31-5-2/h7-13H,4-6H2,1-3H3,(H,25,27,29)/b17-12+. The van der Waals surface area contributed by atoms with Crippen molar-refractivity contribution < 1.29 is 28.6 Å². The minimum absolute atomic E-state index is 0.179. The Morgan fingerprint density at radius 2 is 1.56 bits per heavy atom. The molecule has 9 heteroatoms. The predicted octanol–water partition coefficient (Wildman–Crippen LogP) is 4.31. The molecule has 0 spiro atoms. The van der Waals surface area contributed by atoms with E-state index in [4.69, 9.17) is 14.2 Å². The monoisotopic (exact) mass is 502 g/mol. The zero-order valence-electron chi connectivity index (χ0n) is 17.9. The summed E-state index contributed by atoms with van der Waals surface area (Å²) >= 11 is 3.38. The van der Waals surface area contributed by atoms with E-state index in [0.717, 1.165) is 9.37 Å². The summed E-state index contributed by atoms with van der Waals surface area (Å²) in [4.78, 5) is 39.5. The van der Waals surface area contributed by atoms with Crippen LogP contribution in [0.2, 0.25) is 0 Å². The molecule has 8 nitrogen and oxygen atoms in total. The largest absolute Gasteiger partial charge is 0.494 e. The lowest BCUT2D eigenvalue weighted by Crippen LogP contribution is -2.54. The van der Waals surface area contributed by atoms with Crippen molar-refractivity contribution in [1.82, 2.24) is 5.32 Å². The molecular weight excluding hydrogens is 480 g/mol.